The Labute approximate surface area is 114 Å². The Hall–Kier alpha value is -2.23. The monoisotopic (exact) mass is 274 g/mol. The fraction of sp³-hybridized carbons (Fsp3) is 0.188. The molecule has 0 aromatic heterocycles. The van der Waals surface area contributed by atoms with Crippen molar-refractivity contribution in [3.63, 3.8) is 0 Å². The van der Waals surface area contributed by atoms with E-state index >= 15 is 0 Å². The van der Waals surface area contributed by atoms with Gasteiger partial charge in [0.15, 0.2) is 0 Å². The number of hydrogen-bond acceptors (Lipinski definition) is 1. The molecule has 1 saturated carbocycles. The molecule has 1 fully saturated rings. The minimum absolute atomic E-state index is 0.178. The van der Waals surface area contributed by atoms with Crippen LogP contribution in [0.1, 0.15) is 18.4 Å². The molecule has 0 atom stereocenters. The van der Waals surface area contributed by atoms with Crippen molar-refractivity contribution in [3.05, 3.63) is 59.7 Å². The molecular formula is C16H12F2O2. The molecule has 0 saturated heterocycles. The topological polar surface area (TPSA) is 37.3 Å². The van der Waals surface area contributed by atoms with E-state index in [9.17, 15) is 18.7 Å². The summed E-state index contributed by atoms with van der Waals surface area (Å²) in [5.41, 5.74) is 0.646. The lowest BCUT2D eigenvalue weighted by Crippen LogP contribution is -2.19. The highest BCUT2D eigenvalue weighted by atomic mass is 19.1. The van der Waals surface area contributed by atoms with E-state index in [1.165, 1.54) is 0 Å². The number of halogens is 2. The van der Waals surface area contributed by atoms with Gasteiger partial charge in [-0.05, 0) is 42.2 Å². The summed E-state index contributed by atoms with van der Waals surface area (Å²) in [7, 11) is 0. The first kappa shape index (κ1) is 12.8. The molecule has 0 amide bonds. The fourth-order valence-electron chi connectivity index (χ4n) is 2.44. The predicted molar refractivity (Wildman–Crippen MR) is 70.3 cm³/mol. The van der Waals surface area contributed by atoms with Crippen molar-refractivity contribution >= 4 is 5.97 Å². The summed E-state index contributed by atoms with van der Waals surface area (Å²) >= 11 is 0. The zero-order chi connectivity index (χ0) is 14.3. The highest BCUT2D eigenvalue weighted by molar-refractivity contribution is 5.85. The quantitative estimate of drug-likeness (QED) is 0.925. The van der Waals surface area contributed by atoms with Crippen LogP contribution in [-0.4, -0.2) is 11.1 Å². The largest absolute Gasteiger partial charge is 0.481 e. The fourth-order valence-corrected chi connectivity index (χ4v) is 2.44. The van der Waals surface area contributed by atoms with Gasteiger partial charge in [0, 0.05) is 5.56 Å². The smallest absolute Gasteiger partial charge is 0.314 e. The van der Waals surface area contributed by atoms with Gasteiger partial charge in [-0.15, -0.1) is 0 Å². The third-order valence-electron chi connectivity index (χ3n) is 3.84. The Morgan fingerprint density at radius 3 is 2.25 bits per heavy atom. The van der Waals surface area contributed by atoms with Gasteiger partial charge < -0.3 is 5.11 Å². The van der Waals surface area contributed by atoms with E-state index in [1.54, 1.807) is 24.3 Å². The van der Waals surface area contributed by atoms with Gasteiger partial charge in [0.25, 0.3) is 0 Å². The van der Waals surface area contributed by atoms with E-state index in [4.69, 9.17) is 0 Å². The van der Waals surface area contributed by atoms with Crippen molar-refractivity contribution in [2.45, 2.75) is 18.3 Å². The normalized spacial score (nSPS) is 15.9. The van der Waals surface area contributed by atoms with Gasteiger partial charge in [-0.3, -0.25) is 4.79 Å². The number of benzene rings is 2. The van der Waals surface area contributed by atoms with Crippen LogP contribution in [0.15, 0.2) is 42.5 Å². The Morgan fingerprint density at radius 2 is 1.70 bits per heavy atom. The zero-order valence-electron chi connectivity index (χ0n) is 10.6. The standard InChI is InChI=1S/C16H12F2O2/c17-12-5-6-14(18)13(9-12)10-1-3-11(4-2-10)16(7-8-16)15(19)20/h1-6,9H,7-8H2,(H,19,20). The first-order valence-electron chi connectivity index (χ1n) is 6.32. The molecule has 0 heterocycles. The molecule has 102 valence electrons. The third kappa shape index (κ3) is 1.97. The zero-order valence-corrected chi connectivity index (χ0v) is 10.6. The number of carboxylic acids is 1. The van der Waals surface area contributed by atoms with Crippen LogP contribution in [0.4, 0.5) is 8.78 Å². The molecule has 4 heteroatoms. The van der Waals surface area contributed by atoms with E-state index in [1.807, 2.05) is 0 Å². The molecule has 1 aliphatic rings. The van der Waals surface area contributed by atoms with Crippen LogP contribution in [0.25, 0.3) is 11.1 Å². The number of hydrogen-bond donors (Lipinski definition) is 1. The van der Waals surface area contributed by atoms with Crippen LogP contribution in [0.5, 0.6) is 0 Å². The van der Waals surface area contributed by atoms with E-state index < -0.39 is 23.0 Å². The molecule has 0 unspecified atom stereocenters. The molecule has 2 aromatic carbocycles. The van der Waals surface area contributed by atoms with Crippen molar-refractivity contribution in [1.29, 1.82) is 0 Å². The summed E-state index contributed by atoms with van der Waals surface area (Å²) in [6, 6.07) is 9.91. The average Bonchev–Trinajstić information content (AvgIpc) is 3.23. The Bertz CT molecular complexity index is 673. The molecule has 0 aliphatic heterocycles. The minimum Gasteiger partial charge on any atom is -0.481 e. The van der Waals surface area contributed by atoms with Gasteiger partial charge in [-0.2, -0.15) is 0 Å². The van der Waals surface area contributed by atoms with Crippen LogP contribution in [-0.2, 0) is 10.2 Å². The molecule has 20 heavy (non-hydrogen) atoms. The maximum absolute atomic E-state index is 13.7. The summed E-state index contributed by atoms with van der Waals surface area (Å²) in [5.74, 6) is -1.84. The molecule has 1 N–H and O–H groups in total. The maximum Gasteiger partial charge on any atom is 0.314 e. The SMILES string of the molecule is O=C(O)C1(c2ccc(-c3cc(F)ccc3F)cc2)CC1. The summed E-state index contributed by atoms with van der Waals surface area (Å²) < 4.78 is 26.8. The van der Waals surface area contributed by atoms with Crippen LogP contribution < -0.4 is 0 Å². The predicted octanol–water partition coefficient (Wildman–Crippen LogP) is 3.75. The van der Waals surface area contributed by atoms with Gasteiger partial charge >= 0.3 is 5.97 Å². The van der Waals surface area contributed by atoms with E-state index in [-0.39, 0.29) is 5.56 Å². The average molecular weight is 274 g/mol. The van der Waals surface area contributed by atoms with Crippen molar-refractivity contribution in [1.82, 2.24) is 0 Å². The number of rotatable bonds is 3. The minimum atomic E-state index is -0.831. The Kier molecular flexibility index (Phi) is 2.82. The van der Waals surface area contributed by atoms with Crippen molar-refractivity contribution < 1.29 is 18.7 Å². The second-order valence-corrected chi connectivity index (χ2v) is 5.09. The van der Waals surface area contributed by atoms with E-state index in [0.717, 1.165) is 18.2 Å². The number of carboxylic acid groups (broad SMARTS) is 1. The molecule has 0 bridgehead atoms. The lowest BCUT2D eigenvalue weighted by Gasteiger charge is -2.11. The molecule has 2 nitrogen and oxygen atoms in total. The highest BCUT2D eigenvalue weighted by Crippen LogP contribution is 2.48. The molecule has 1 aliphatic carbocycles. The number of aliphatic carboxylic acids is 1. The summed E-state index contributed by atoms with van der Waals surface area (Å²) in [6.45, 7) is 0. The first-order chi connectivity index (χ1) is 9.53. The molecule has 2 aromatic rings. The van der Waals surface area contributed by atoms with E-state index in [0.29, 0.717) is 24.0 Å². The summed E-state index contributed by atoms with van der Waals surface area (Å²) in [4.78, 5) is 11.2. The number of carbonyl (C=O) groups is 1. The van der Waals surface area contributed by atoms with Gasteiger partial charge in [0.05, 0.1) is 5.41 Å². The van der Waals surface area contributed by atoms with Crippen molar-refractivity contribution in [3.8, 4) is 11.1 Å². The highest BCUT2D eigenvalue weighted by Gasteiger charge is 2.51. The second-order valence-electron chi connectivity index (χ2n) is 5.09. The molecular weight excluding hydrogens is 262 g/mol. The van der Waals surface area contributed by atoms with Crippen molar-refractivity contribution in [2.24, 2.45) is 0 Å². The molecule has 0 spiro atoms. The molecule has 0 radical (unpaired) electrons. The van der Waals surface area contributed by atoms with Crippen LogP contribution in [0.3, 0.4) is 0 Å². The first-order valence-corrected chi connectivity index (χ1v) is 6.32. The second kappa shape index (κ2) is 4.40. The van der Waals surface area contributed by atoms with Crippen LogP contribution in [0.2, 0.25) is 0 Å². The molecule has 3 rings (SSSR count). The van der Waals surface area contributed by atoms with Gasteiger partial charge in [0.2, 0.25) is 0 Å². The summed E-state index contributed by atoms with van der Waals surface area (Å²) in [5, 5.41) is 9.21. The Balaban J connectivity index is 1.98. The van der Waals surface area contributed by atoms with Gasteiger partial charge in [0.1, 0.15) is 11.6 Å². The van der Waals surface area contributed by atoms with E-state index in [2.05, 4.69) is 0 Å². The van der Waals surface area contributed by atoms with Crippen LogP contribution >= 0.6 is 0 Å². The van der Waals surface area contributed by atoms with Crippen molar-refractivity contribution in [2.75, 3.05) is 0 Å². The maximum atomic E-state index is 13.7. The van der Waals surface area contributed by atoms with Gasteiger partial charge in [-0.1, -0.05) is 24.3 Å². The van der Waals surface area contributed by atoms with Crippen LogP contribution in [0, 0.1) is 11.6 Å². The third-order valence-corrected chi connectivity index (χ3v) is 3.84. The van der Waals surface area contributed by atoms with Gasteiger partial charge in [-0.25, -0.2) is 8.78 Å². The lowest BCUT2D eigenvalue weighted by molar-refractivity contribution is -0.140. The Morgan fingerprint density at radius 1 is 1.05 bits per heavy atom. The summed E-state index contributed by atoms with van der Waals surface area (Å²) in [6.07, 6.45) is 1.24. The lowest BCUT2D eigenvalue weighted by atomic mass is 9.94.